The number of rotatable bonds is 2. The molecule has 0 spiro atoms. The van der Waals surface area contributed by atoms with Crippen molar-refractivity contribution < 1.29 is 13.6 Å². The molecule has 90 valence electrons. The summed E-state index contributed by atoms with van der Waals surface area (Å²) in [6.45, 7) is 1.60. The van der Waals surface area contributed by atoms with Gasteiger partial charge in [-0.3, -0.25) is 4.79 Å². The summed E-state index contributed by atoms with van der Waals surface area (Å²) in [4.78, 5) is 15.6. The van der Waals surface area contributed by atoms with Gasteiger partial charge in [-0.15, -0.1) is 11.3 Å². The molecule has 4 N–H and O–H groups in total. The third-order valence-electron chi connectivity index (χ3n) is 2.32. The number of anilines is 1. The molecular weight excluding hydrogens is 248 g/mol. The number of aryl methyl sites for hydroxylation is 1. The fourth-order valence-electron chi connectivity index (χ4n) is 1.63. The van der Waals surface area contributed by atoms with E-state index in [4.69, 9.17) is 11.5 Å². The highest BCUT2D eigenvalue weighted by Gasteiger charge is 2.21. The molecule has 2 aromatic rings. The van der Waals surface area contributed by atoms with Crippen LogP contribution < -0.4 is 11.5 Å². The maximum Gasteiger partial charge on any atom is 0.264 e. The van der Waals surface area contributed by atoms with E-state index >= 15 is 0 Å². The molecule has 0 fully saturated rings. The van der Waals surface area contributed by atoms with Gasteiger partial charge in [0.1, 0.15) is 9.71 Å². The van der Waals surface area contributed by atoms with E-state index in [9.17, 15) is 13.6 Å². The predicted molar refractivity (Wildman–Crippen MR) is 62.2 cm³/mol. The molecule has 2 aromatic heterocycles. The minimum absolute atomic E-state index is 0.0136. The first-order chi connectivity index (χ1) is 7.91. The van der Waals surface area contributed by atoms with Crippen molar-refractivity contribution in [2.45, 2.75) is 13.3 Å². The Morgan fingerprint density at radius 2 is 2.18 bits per heavy atom. The van der Waals surface area contributed by atoms with Crippen molar-refractivity contribution in [3.63, 3.8) is 0 Å². The number of alkyl halides is 2. The Balaban J connectivity index is 2.87. The molecule has 0 atom stereocenters. The number of aromatic nitrogens is 1. The fraction of sp³-hybridized carbons (Fsp3) is 0.200. The number of primary amides is 1. The van der Waals surface area contributed by atoms with Crippen LogP contribution in [0.4, 0.5) is 14.5 Å². The number of nitrogen functional groups attached to an aromatic ring is 1. The van der Waals surface area contributed by atoms with Crippen LogP contribution >= 0.6 is 11.3 Å². The average Bonchev–Trinajstić information content (AvgIpc) is 2.54. The lowest BCUT2D eigenvalue weighted by Crippen LogP contribution is -2.10. The number of carbonyl (C=O) groups is 1. The molecular formula is C10H9F2N3OS. The lowest BCUT2D eigenvalue weighted by Gasteiger charge is -2.04. The van der Waals surface area contributed by atoms with Gasteiger partial charge in [-0.1, -0.05) is 0 Å². The van der Waals surface area contributed by atoms with E-state index in [1.54, 1.807) is 6.92 Å². The Bertz CT molecular complexity index is 609. The van der Waals surface area contributed by atoms with Crippen molar-refractivity contribution in [1.82, 2.24) is 4.98 Å². The second-order valence-corrected chi connectivity index (χ2v) is 4.54. The van der Waals surface area contributed by atoms with Crippen LogP contribution in [0.25, 0.3) is 10.2 Å². The van der Waals surface area contributed by atoms with Crippen LogP contribution in [0.1, 0.15) is 27.4 Å². The van der Waals surface area contributed by atoms with E-state index in [0.717, 1.165) is 11.3 Å². The monoisotopic (exact) mass is 257 g/mol. The van der Waals surface area contributed by atoms with Crippen LogP contribution in [0.5, 0.6) is 0 Å². The number of thiophene rings is 1. The van der Waals surface area contributed by atoms with Gasteiger partial charge in [-0.05, 0) is 13.0 Å². The minimum Gasteiger partial charge on any atom is -0.397 e. The summed E-state index contributed by atoms with van der Waals surface area (Å²) in [6.07, 6.45) is -2.67. The first-order valence-electron chi connectivity index (χ1n) is 4.69. The second kappa shape index (κ2) is 3.92. The summed E-state index contributed by atoms with van der Waals surface area (Å²) in [6, 6.07) is 1.26. The van der Waals surface area contributed by atoms with E-state index in [2.05, 4.69) is 4.98 Å². The number of halogens is 2. The summed E-state index contributed by atoms with van der Waals surface area (Å²) in [7, 11) is 0. The molecule has 0 bridgehead atoms. The first kappa shape index (κ1) is 11.7. The highest BCUT2D eigenvalue weighted by Crippen LogP contribution is 2.38. The van der Waals surface area contributed by atoms with Crippen LogP contribution in [-0.4, -0.2) is 10.9 Å². The molecule has 2 heterocycles. The van der Waals surface area contributed by atoms with Gasteiger partial charge in [0, 0.05) is 16.6 Å². The predicted octanol–water partition coefficient (Wildman–Crippen LogP) is 2.22. The number of hydrogen-bond acceptors (Lipinski definition) is 4. The van der Waals surface area contributed by atoms with Crippen molar-refractivity contribution in [3.8, 4) is 0 Å². The molecule has 2 rings (SSSR count). The Morgan fingerprint density at radius 3 is 2.71 bits per heavy atom. The quantitative estimate of drug-likeness (QED) is 0.865. The SMILES string of the molecule is Cc1cc(C(F)F)c2c(N)c(C(N)=O)sc2n1. The van der Waals surface area contributed by atoms with Gasteiger partial charge in [-0.2, -0.15) is 0 Å². The van der Waals surface area contributed by atoms with Crippen LogP contribution in [0.15, 0.2) is 6.07 Å². The zero-order valence-corrected chi connectivity index (χ0v) is 9.65. The third-order valence-corrected chi connectivity index (χ3v) is 3.43. The zero-order valence-electron chi connectivity index (χ0n) is 8.83. The zero-order chi connectivity index (χ0) is 12.7. The highest BCUT2D eigenvalue weighted by atomic mass is 32.1. The number of fused-ring (bicyclic) bond motifs is 1. The van der Waals surface area contributed by atoms with Crippen molar-refractivity contribution >= 4 is 33.1 Å². The molecule has 0 saturated carbocycles. The lowest BCUT2D eigenvalue weighted by molar-refractivity contribution is 0.100. The molecule has 0 unspecified atom stereocenters. The van der Waals surface area contributed by atoms with Gasteiger partial charge in [-0.25, -0.2) is 13.8 Å². The average molecular weight is 257 g/mol. The van der Waals surface area contributed by atoms with E-state index in [0.29, 0.717) is 10.5 Å². The first-order valence-corrected chi connectivity index (χ1v) is 5.51. The summed E-state index contributed by atoms with van der Waals surface area (Å²) in [5.41, 5.74) is 11.0. The second-order valence-electron chi connectivity index (χ2n) is 3.54. The molecule has 0 aromatic carbocycles. The maximum absolute atomic E-state index is 12.9. The van der Waals surface area contributed by atoms with Crippen LogP contribution in [0, 0.1) is 6.92 Å². The number of amides is 1. The Kier molecular flexibility index (Phi) is 2.70. The Labute approximate surface area is 99.2 Å². The smallest absolute Gasteiger partial charge is 0.264 e. The highest BCUT2D eigenvalue weighted by molar-refractivity contribution is 7.21. The molecule has 0 aliphatic heterocycles. The fourth-order valence-corrected chi connectivity index (χ4v) is 2.66. The molecule has 0 saturated heterocycles. The molecule has 7 heteroatoms. The van der Waals surface area contributed by atoms with Crippen LogP contribution in [-0.2, 0) is 0 Å². The molecule has 0 aliphatic carbocycles. The van der Waals surface area contributed by atoms with E-state index in [1.165, 1.54) is 6.07 Å². The van der Waals surface area contributed by atoms with Crippen molar-refractivity contribution in [2.75, 3.05) is 5.73 Å². The molecule has 17 heavy (non-hydrogen) atoms. The molecule has 1 amide bonds. The van der Waals surface area contributed by atoms with Gasteiger partial charge in [0.05, 0.1) is 5.69 Å². The maximum atomic E-state index is 12.9. The van der Waals surface area contributed by atoms with Gasteiger partial charge in [0.2, 0.25) is 0 Å². The van der Waals surface area contributed by atoms with Crippen molar-refractivity contribution in [1.29, 1.82) is 0 Å². The molecule has 4 nitrogen and oxygen atoms in total. The van der Waals surface area contributed by atoms with Crippen LogP contribution in [0.3, 0.4) is 0 Å². The van der Waals surface area contributed by atoms with Crippen LogP contribution in [0.2, 0.25) is 0 Å². The van der Waals surface area contributed by atoms with E-state index < -0.39 is 12.3 Å². The van der Waals surface area contributed by atoms with E-state index in [1.807, 2.05) is 0 Å². The van der Waals surface area contributed by atoms with Gasteiger partial charge < -0.3 is 11.5 Å². The largest absolute Gasteiger partial charge is 0.397 e. The van der Waals surface area contributed by atoms with Crippen molar-refractivity contribution in [3.05, 3.63) is 22.2 Å². The lowest BCUT2D eigenvalue weighted by atomic mass is 10.1. The number of nitrogens with two attached hydrogens (primary N) is 2. The Morgan fingerprint density at radius 1 is 1.53 bits per heavy atom. The summed E-state index contributed by atoms with van der Waals surface area (Å²) < 4.78 is 25.7. The topological polar surface area (TPSA) is 82.0 Å². The summed E-state index contributed by atoms with van der Waals surface area (Å²) >= 11 is 0.934. The number of carbonyl (C=O) groups excluding carboxylic acids is 1. The third kappa shape index (κ3) is 1.82. The standard InChI is InChI=1S/C10H9F2N3OS/c1-3-2-4(8(11)12)5-6(13)7(9(14)16)17-10(5)15-3/h2,8H,13H2,1H3,(H2,14,16). The van der Waals surface area contributed by atoms with E-state index in [-0.39, 0.29) is 21.5 Å². The summed E-state index contributed by atoms with van der Waals surface area (Å²) in [5, 5.41) is 0.129. The van der Waals surface area contributed by atoms with Gasteiger partial charge in [0.25, 0.3) is 12.3 Å². The normalized spacial score (nSPS) is 11.3. The number of nitrogens with zero attached hydrogens (tertiary/aromatic N) is 1. The number of hydrogen-bond donors (Lipinski definition) is 2. The van der Waals surface area contributed by atoms with Crippen molar-refractivity contribution in [2.24, 2.45) is 5.73 Å². The number of pyridine rings is 1. The molecule has 0 aliphatic rings. The van der Waals surface area contributed by atoms with Gasteiger partial charge in [0.15, 0.2) is 0 Å². The minimum atomic E-state index is -2.67. The van der Waals surface area contributed by atoms with Gasteiger partial charge >= 0.3 is 0 Å². The molecule has 0 radical (unpaired) electrons. The Hall–Kier alpha value is -1.76. The summed E-state index contributed by atoms with van der Waals surface area (Å²) in [5.74, 6) is -0.733.